The Morgan fingerprint density at radius 1 is 0.295 bits per heavy atom. The van der Waals surface area contributed by atoms with Crippen molar-refractivity contribution < 1.29 is 4.42 Å². The number of benzene rings is 10. The fraction of sp³-hybridized carbons (Fsp3) is 0.100. The summed E-state index contributed by atoms with van der Waals surface area (Å²) in [5.41, 5.74) is 20.0. The summed E-state index contributed by atoms with van der Waals surface area (Å²) in [6, 6.07) is 68.0. The molecule has 0 N–H and O–H groups in total. The molecule has 0 saturated heterocycles. The Bertz CT molecular complexity index is 3630. The van der Waals surface area contributed by atoms with Gasteiger partial charge in [0.25, 0.3) is 0 Å². The molecule has 0 atom stereocenters. The molecule has 288 valence electrons. The first-order chi connectivity index (χ1) is 29.8. The van der Waals surface area contributed by atoms with E-state index in [2.05, 4.69) is 204 Å². The molecule has 1 heterocycles. The molecule has 11 aromatic rings. The molecule has 0 saturated carbocycles. The zero-order chi connectivity index (χ0) is 40.8. The van der Waals surface area contributed by atoms with Crippen molar-refractivity contribution in [3.63, 3.8) is 0 Å². The van der Waals surface area contributed by atoms with E-state index in [4.69, 9.17) is 4.42 Å². The molecule has 0 aliphatic heterocycles. The Labute approximate surface area is 355 Å². The topological polar surface area (TPSA) is 13.1 Å². The largest absolute Gasteiger partial charge is 0.456 e. The van der Waals surface area contributed by atoms with Crippen LogP contribution in [0.5, 0.6) is 0 Å². The van der Waals surface area contributed by atoms with Gasteiger partial charge in [-0.25, -0.2) is 0 Å². The average Bonchev–Trinajstić information content (AvgIpc) is 3.85. The monoisotopic (exact) mass is 778 g/mol. The van der Waals surface area contributed by atoms with E-state index in [1.54, 1.807) is 0 Å². The number of hydrogen-bond donors (Lipinski definition) is 0. The first kappa shape index (κ1) is 34.6. The van der Waals surface area contributed by atoms with Gasteiger partial charge in [0.1, 0.15) is 11.2 Å². The van der Waals surface area contributed by atoms with Gasteiger partial charge < -0.3 is 4.42 Å². The summed E-state index contributed by atoms with van der Waals surface area (Å²) in [7, 11) is 0. The highest BCUT2D eigenvalue weighted by atomic mass is 16.3. The van der Waals surface area contributed by atoms with Gasteiger partial charge in [-0.1, -0.05) is 173 Å². The van der Waals surface area contributed by atoms with Gasteiger partial charge in [-0.15, -0.1) is 0 Å². The van der Waals surface area contributed by atoms with Crippen molar-refractivity contribution in [2.45, 2.75) is 38.5 Å². The first-order valence-electron chi connectivity index (χ1n) is 21.6. The third kappa shape index (κ3) is 4.72. The highest BCUT2D eigenvalue weighted by Gasteiger charge is 2.38. The lowest BCUT2D eigenvalue weighted by atomic mass is 9.79. The minimum atomic E-state index is -0.181. The van der Waals surface area contributed by atoms with Crippen LogP contribution in [-0.4, -0.2) is 0 Å². The highest BCUT2D eigenvalue weighted by Crippen LogP contribution is 2.55. The van der Waals surface area contributed by atoms with E-state index in [1.165, 1.54) is 121 Å². The quantitative estimate of drug-likeness (QED) is 0.163. The Kier molecular flexibility index (Phi) is 6.91. The molecule has 2 aliphatic carbocycles. The van der Waals surface area contributed by atoms with E-state index in [1.807, 2.05) is 6.07 Å². The number of rotatable bonds is 3. The van der Waals surface area contributed by atoms with Gasteiger partial charge in [-0.2, -0.15) is 0 Å². The van der Waals surface area contributed by atoms with Crippen molar-refractivity contribution in [2.75, 3.05) is 0 Å². The minimum Gasteiger partial charge on any atom is -0.456 e. The average molecular weight is 779 g/mol. The third-order valence-electron chi connectivity index (χ3n) is 14.4. The maximum Gasteiger partial charge on any atom is 0.136 e. The molecule has 13 rings (SSSR count). The second-order valence-corrected chi connectivity index (χ2v) is 18.4. The Morgan fingerprint density at radius 3 is 1.43 bits per heavy atom. The highest BCUT2D eigenvalue weighted by molar-refractivity contribution is 6.21. The maximum atomic E-state index is 6.40. The number of para-hydroxylation sites is 1. The summed E-state index contributed by atoms with van der Waals surface area (Å²) in [5.74, 6) is 0. The van der Waals surface area contributed by atoms with Crippen LogP contribution < -0.4 is 0 Å². The second kappa shape index (κ2) is 12.2. The zero-order valence-electron chi connectivity index (χ0n) is 34.7. The van der Waals surface area contributed by atoms with Crippen LogP contribution in [0.1, 0.15) is 49.9 Å². The Balaban J connectivity index is 0.916. The number of fused-ring (bicyclic) bond motifs is 13. The van der Waals surface area contributed by atoms with Crippen molar-refractivity contribution in [1.29, 1.82) is 0 Å². The van der Waals surface area contributed by atoms with E-state index in [0.717, 1.165) is 11.2 Å². The molecular weight excluding hydrogens is 737 g/mol. The second-order valence-electron chi connectivity index (χ2n) is 18.4. The minimum absolute atomic E-state index is 0.145. The fourth-order valence-electron chi connectivity index (χ4n) is 11.4. The predicted octanol–water partition coefficient (Wildman–Crippen LogP) is 16.7. The van der Waals surface area contributed by atoms with Crippen LogP contribution in [0.3, 0.4) is 0 Å². The van der Waals surface area contributed by atoms with Crippen LogP contribution in [0.25, 0.3) is 110 Å². The molecule has 61 heavy (non-hydrogen) atoms. The van der Waals surface area contributed by atoms with E-state index in [0.29, 0.717) is 0 Å². The van der Waals surface area contributed by atoms with Crippen LogP contribution >= 0.6 is 0 Å². The molecule has 0 fully saturated rings. The van der Waals surface area contributed by atoms with Crippen LogP contribution in [-0.2, 0) is 10.8 Å². The molecular formula is C60H42O. The molecule has 2 aliphatic rings. The summed E-state index contributed by atoms with van der Waals surface area (Å²) in [6.07, 6.45) is 0. The summed E-state index contributed by atoms with van der Waals surface area (Å²) in [5, 5.41) is 9.99. The van der Waals surface area contributed by atoms with Crippen LogP contribution in [0.2, 0.25) is 0 Å². The number of furan rings is 1. The molecule has 0 radical (unpaired) electrons. The van der Waals surface area contributed by atoms with Gasteiger partial charge in [0.2, 0.25) is 0 Å². The van der Waals surface area contributed by atoms with E-state index in [-0.39, 0.29) is 10.8 Å². The van der Waals surface area contributed by atoms with Gasteiger partial charge in [0, 0.05) is 21.6 Å². The standard InChI is InChI=1S/C60H42O/c1-59(2)50-29-25-38-30-49-42-16-12-13-21-54(42)61-55(49)34-48(38)58(50)47-28-23-37(32-53(47)59)36-22-26-40-41-27-24-39(33-52(41)60(3,4)51(40)31-36)57-45-19-10-8-17-43(45)56(35-14-6-5-7-15-35)44-18-9-11-20-46(44)57/h5-34H,1-4H3. The number of hydrogen-bond acceptors (Lipinski definition) is 1. The lowest BCUT2D eigenvalue weighted by Gasteiger charge is -2.24. The van der Waals surface area contributed by atoms with E-state index >= 15 is 0 Å². The molecule has 1 aromatic heterocycles. The Morgan fingerprint density at radius 2 is 0.787 bits per heavy atom. The van der Waals surface area contributed by atoms with Crippen molar-refractivity contribution in [2.24, 2.45) is 0 Å². The van der Waals surface area contributed by atoms with Gasteiger partial charge in [-0.3, -0.25) is 0 Å². The van der Waals surface area contributed by atoms with Crippen molar-refractivity contribution >= 4 is 54.3 Å². The molecule has 1 nitrogen and oxygen atoms in total. The summed E-state index contributed by atoms with van der Waals surface area (Å²) >= 11 is 0. The van der Waals surface area contributed by atoms with Gasteiger partial charge >= 0.3 is 0 Å². The van der Waals surface area contributed by atoms with Crippen LogP contribution in [0.15, 0.2) is 186 Å². The van der Waals surface area contributed by atoms with E-state index < -0.39 is 0 Å². The molecule has 0 bridgehead atoms. The summed E-state index contributed by atoms with van der Waals surface area (Å²) < 4.78 is 6.40. The maximum absolute atomic E-state index is 6.40. The van der Waals surface area contributed by atoms with Crippen molar-refractivity contribution in [3.05, 3.63) is 204 Å². The molecule has 0 amide bonds. The smallest absolute Gasteiger partial charge is 0.136 e. The van der Waals surface area contributed by atoms with Gasteiger partial charge in [0.15, 0.2) is 0 Å². The summed E-state index contributed by atoms with van der Waals surface area (Å²) in [6.45, 7) is 9.59. The van der Waals surface area contributed by atoms with Gasteiger partial charge in [0.05, 0.1) is 0 Å². The molecule has 10 aromatic carbocycles. The first-order valence-corrected chi connectivity index (χ1v) is 21.6. The molecule has 0 spiro atoms. The van der Waals surface area contributed by atoms with E-state index in [9.17, 15) is 0 Å². The summed E-state index contributed by atoms with van der Waals surface area (Å²) in [4.78, 5) is 0. The zero-order valence-corrected chi connectivity index (χ0v) is 34.7. The predicted molar refractivity (Wildman–Crippen MR) is 258 cm³/mol. The SMILES string of the molecule is CC1(C)c2cc(-c3ccc4c(c3)C(C)(C)c3ccc5cc6c(cc5c3-4)oc3ccccc36)ccc2-c2ccc(-c3c4ccccc4c(-c4ccccc4)c4ccccc34)cc21. The normalized spacial score (nSPS) is 14.5. The van der Waals surface area contributed by atoms with Crippen LogP contribution in [0, 0.1) is 0 Å². The third-order valence-corrected chi connectivity index (χ3v) is 14.4. The lowest BCUT2D eigenvalue weighted by Crippen LogP contribution is -2.15. The lowest BCUT2D eigenvalue weighted by molar-refractivity contribution is 0.660. The molecule has 0 unspecified atom stereocenters. The fourth-order valence-corrected chi connectivity index (χ4v) is 11.4. The van der Waals surface area contributed by atoms with Gasteiger partial charge in [-0.05, 0) is 147 Å². The van der Waals surface area contributed by atoms with Crippen LogP contribution in [0.4, 0.5) is 0 Å². The van der Waals surface area contributed by atoms with Crippen molar-refractivity contribution in [1.82, 2.24) is 0 Å². The molecule has 1 heteroatoms. The Hall–Kier alpha value is -7.22. The van der Waals surface area contributed by atoms with Crippen molar-refractivity contribution in [3.8, 4) is 55.6 Å².